The Hall–Kier alpha value is -3.40. The highest BCUT2D eigenvalue weighted by Gasteiger charge is 2.12. The van der Waals surface area contributed by atoms with Crippen LogP contribution in [0.25, 0.3) is 64.2 Å². The molecule has 7 aromatic rings. The molecule has 2 aromatic heterocycles. The number of para-hydroxylation sites is 2. The third-order valence-electron chi connectivity index (χ3n) is 6.46. The van der Waals surface area contributed by atoms with Crippen LogP contribution < -0.4 is 0 Å². The topological polar surface area (TPSA) is 15.8 Å². The number of benzene rings is 5. The van der Waals surface area contributed by atoms with Crippen molar-refractivity contribution in [2.45, 2.75) is 0 Å². The molecule has 0 spiro atoms. The monoisotopic (exact) mass is 503 g/mol. The zero-order valence-electron chi connectivity index (χ0n) is 17.6. The fourth-order valence-electron chi connectivity index (χ4n) is 4.93. The first-order valence-electron chi connectivity index (χ1n) is 11.0. The Bertz CT molecular complexity index is 1840. The van der Waals surface area contributed by atoms with Crippen LogP contribution in [0, 0.1) is 0 Å². The minimum absolute atomic E-state index is 1.08. The van der Waals surface area contributed by atoms with Gasteiger partial charge in [0.05, 0.1) is 5.52 Å². The lowest BCUT2D eigenvalue weighted by atomic mass is 9.96. The summed E-state index contributed by atoms with van der Waals surface area (Å²) < 4.78 is 3.75. The van der Waals surface area contributed by atoms with Crippen LogP contribution >= 0.6 is 27.3 Å². The van der Waals surface area contributed by atoms with Crippen LogP contribution in [-0.4, -0.2) is 4.98 Å². The average Bonchev–Trinajstić information content (AvgIpc) is 3.41. The minimum Gasteiger partial charge on any atom is -0.354 e. The Morgan fingerprint density at radius 2 is 1.30 bits per heavy atom. The standard InChI is InChI=1S/C30H18BrNS/c31-21-15-19(18-12-13-29-26(17-18)24-7-2-4-11-28(24)33-29)14-20(16-21)22-8-5-9-25-23-6-1-3-10-27(23)32-30(22)25/h1-17,32H. The van der Waals surface area contributed by atoms with Gasteiger partial charge in [0.2, 0.25) is 0 Å². The summed E-state index contributed by atoms with van der Waals surface area (Å²) in [4.78, 5) is 3.65. The lowest BCUT2D eigenvalue weighted by Crippen LogP contribution is -1.84. The molecule has 7 rings (SSSR count). The minimum atomic E-state index is 1.08. The van der Waals surface area contributed by atoms with E-state index in [-0.39, 0.29) is 0 Å². The first kappa shape index (κ1) is 19.1. The van der Waals surface area contributed by atoms with E-state index < -0.39 is 0 Å². The van der Waals surface area contributed by atoms with Crippen molar-refractivity contribution in [2.24, 2.45) is 0 Å². The zero-order valence-corrected chi connectivity index (χ0v) is 20.0. The average molecular weight is 504 g/mol. The highest BCUT2D eigenvalue weighted by Crippen LogP contribution is 2.39. The first-order valence-corrected chi connectivity index (χ1v) is 12.6. The molecule has 0 aliphatic rings. The predicted octanol–water partition coefficient (Wildman–Crippen LogP) is 9.79. The van der Waals surface area contributed by atoms with Crippen molar-refractivity contribution in [3.8, 4) is 22.3 Å². The number of halogens is 1. The molecule has 33 heavy (non-hydrogen) atoms. The Morgan fingerprint density at radius 3 is 2.24 bits per heavy atom. The van der Waals surface area contributed by atoms with Crippen molar-refractivity contribution < 1.29 is 0 Å². The van der Waals surface area contributed by atoms with E-state index in [2.05, 4.69) is 124 Å². The molecule has 0 aliphatic heterocycles. The molecule has 0 amide bonds. The van der Waals surface area contributed by atoms with Gasteiger partial charge >= 0.3 is 0 Å². The fraction of sp³-hybridized carbons (Fsp3) is 0. The van der Waals surface area contributed by atoms with E-state index in [9.17, 15) is 0 Å². The van der Waals surface area contributed by atoms with Crippen molar-refractivity contribution in [2.75, 3.05) is 0 Å². The van der Waals surface area contributed by atoms with E-state index in [0.717, 1.165) is 4.47 Å². The molecule has 0 fully saturated rings. The van der Waals surface area contributed by atoms with Crippen LogP contribution in [-0.2, 0) is 0 Å². The Balaban J connectivity index is 1.44. The van der Waals surface area contributed by atoms with Crippen molar-refractivity contribution in [1.29, 1.82) is 0 Å². The van der Waals surface area contributed by atoms with Gasteiger partial charge in [-0.1, -0.05) is 76.6 Å². The second kappa shape index (κ2) is 7.31. The Kier molecular flexibility index (Phi) is 4.23. The summed E-state index contributed by atoms with van der Waals surface area (Å²) in [6.45, 7) is 0. The van der Waals surface area contributed by atoms with Crippen LogP contribution in [0.15, 0.2) is 108 Å². The van der Waals surface area contributed by atoms with Crippen LogP contribution in [0.5, 0.6) is 0 Å². The third kappa shape index (κ3) is 3.04. The van der Waals surface area contributed by atoms with Gasteiger partial charge < -0.3 is 4.98 Å². The third-order valence-corrected chi connectivity index (χ3v) is 8.07. The lowest BCUT2D eigenvalue weighted by molar-refractivity contribution is 1.53. The van der Waals surface area contributed by atoms with Crippen LogP contribution in [0.1, 0.15) is 0 Å². The van der Waals surface area contributed by atoms with Crippen LogP contribution in [0.4, 0.5) is 0 Å². The van der Waals surface area contributed by atoms with Gasteiger partial charge in [0.25, 0.3) is 0 Å². The van der Waals surface area contributed by atoms with Crippen molar-refractivity contribution in [3.63, 3.8) is 0 Å². The van der Waals surface area contributed by atoms with Crippen LogP contribution in [0.3, 0.4) is 0 Å². The number of aromatic nitrogens is 1. The number of H-pyrrole nitrogens is 1. The molecule has 0 unspecified atom stereocenters. The summed E-state index contributed by atoms with van der Waals surface area (Å²) in [6.07, 6.45) is 0. The second-order valence-corrected chi connectivity index (χ2v) is 10.4. The lowest BCUT2D eigenvalue weighted by Gasteiger charge is -2.09. The first-order chi connectivity index (χ1) is 16.2. The highest BCUT2D eigenvalue weighted by molar-refractivity contribution is 9.10. The molecule has 0 aliphatic carbocycles. The fourth-order valence-corrected chi connectivity index (χ4v) is 6.51. The van der Waals surface area contributed by atoms with E-state index in [1.54, 1.807) is 0 Å². The van der Waals surface area contributed by atoms with Gasteiger partial charge in [0.15, 0.2) is 0 Å². The summed E-state index contributed by atoms with van der Waals surface area (Å²) in [5, 5.41) is 5.18. The molecule has 0 saturated carbocycles. The molecule has 3 heteroatoms. The maximum atomic E-state index is 3.78. The summed E-state index contributed by atoms with van der Waals surface area (Å²) in [7, 11) is 0. The molecule has 1 nitrogen and oxygen atoms in total. The zero-order chi connectivity index (χ0) is 21.9. The van der Waals surface area contributed by atoms with Gasteiger partial charge in [-0.2, -0.15) is 0 Å². The van der Waals surface area contributed by atoms with Crippen molar-refractivity contribution >= 4 is 69.2 Å². The van der Waals surface area contributed by atoms with Crippen molar-refractivity contribution in [1.82, 2.24) is 4.98 Å². The number of hydrogen-bond donors (Lipinski definition) is 1. The van der Waals surface area contributed by atoms with Gasteiger partial charge in [0, 0.05) is 46.5 Å². The van der Waals surface area contributed by atoms with E-state index in [4.69, 9.17) is 0 Å². The van der Waals surface area contributed by atoms with E-state index in [1.807, 2.05) is 11.3 Å². The molecule has 2 heterocycles. The summed E-state index contributed by atoms with van der Waals surface area (Å²) in [5.41, 5.74) is 7.22. The number of nitrogens with one attached hydrogen (secondary N) is 1. The number of thiophene rings is 1. The van der Waals surface area contributed by atoms with Gasteiger partial charge in [-0.3, -0.25) is 0 Å². The van der Waals surface area contributed by atoms with E-state index in [0.29, 0.717) is 0 Å². The van der Waals surface area contributed by atoms with Gasteiger partial charge in [-0.05, 0) is 59.2 Å². The van der Waals surface area contributed by atoms with E-state index in [1.165, 1.54) is 64.2 Å². The summed E-state index contributed by atoms with van der Waals surface area (Å²) in [5.74, 6) is 0. The highest BCUT2D eigenvalue weighted by atomic mass is 79.9. The molecule has 1 N–H and O–H groups in total. The Morgan fingerprint density at radius 1 is 0.545 bits per heavy atom. The summed E-state index contributed by atoms with van der Waals surface area (Å²) in [6, 6.07) is 37.3. The largest absolute Gasteiger partial charge is 0.354 e. The Labute approximate surface area is 203 Å². The van der Waals surface area contributed by atoms with Crippen molar-refractivity contribution in [3.05, 3.63) is 108 Å². The molecule has 0 bridgehead atoms. The van der Waals surface area contributed by atoms with E-state index >= 15 is 0 Å². The maximum absolute atomic E-state index is 3.78. The van der Waals surface area contributed by atoms with Gasteiger partial charge in [0.1, 0.15) is 0 Å². The maximum Gasteiger partial charge on any atom is 0.0544 e. The van der Waals surface area contributed by atoms with Crippen LogP contribution in [0.2, 0.25) is 0 Å². The molecule has 0 saturated heterocycles. The molecular weight excluding hydrogens is 486 g/mol. The predicted molar refractivity (Wildman–Crippen MR) is 147 cm³/mol. The number of aromatic amines is 1. The SMILES string of the molecule is Brc1cc(-c2ccc3sc4ccccc4c3c2)cc(-c2cccc3c2[nH]c2ccccc23)c1. The molecule has 0 radical (unpaired) electrons. The molecule has 0 atom stereocenters. The molecule has 156 valence electrons. The summed E-state index contributed by atoms with van der Waals surface area (Å²) >= 11 is 5.64. The quantitative estimate of drug-likeness (QED) is 0.241. The second-order valence-electron chi connectivity index (χ2n) is 8.44. The smallest absolute Gasteiger partial charge is 0.0544 e. The van der Waals surface area contributed by atoms with Gasteiger partial charge in [-0.15, -0.1) is 11.3 Å². The van der Waals surface area contributed by atoms with Gasteiger partial charge in [-0.25, -0.2) is 0 Å². The number of hydrogen-bond acceptors (Lipinski definition) is 1. The molecule has 5 aromatic carbocycles. The normalized spacial score (nSPS) is 11.8. The number of fused-ring (bicyclic) bond motifs is 6. The molecular formula is C30H18BrNS. The number of rotatable bonds is 2.